The molecular formula is C15H9FOS. The van der Waals surface area contributed by atoms with Crippen molar-refractivity contribution in [2.45, 2.75) is 0 Å². The second-order valence-corrected chi connectivity index (χ2v) is 4.91. The molecule has 1 nitrogen and oxygen atoms in total. The maximum atomic E-state index is 13.1. The molecule has 3 heteroatoms. The summed E-state index contributed by atoms with van der Waals surface area (Å²) in [5, 5.41) is 3.15. The molecule has 0 fully saturated rings. The van der Waals surface area contributed by atoms with E-state index in [2.05, 4.69) is 0 Å². The number of hydrogen-bond acceptors (Lipinski definition) is 2. The van der Waals surface area contributed by atoms with Crippen molar-refractivity contribution in [3.05, 3.63) is 59.2 Å². The van der Waals surface area contributed by atoms with Crippen molar-refractivity contribution in [3.8, 4) is 11.1 Å². The molecule has 3 rings (SSSR count). The van der Waals surface area contributed by atoms with Crippen molar-refractivity contribution in [2.24, 2.45) is 0 Å². The lowest BCUT2D eigenvalue weighted by Gasteiger charge is -2.06. The van der Waals surface area contributed by atoms with Gasteiger partial charge in [0, 0.05) is 15.8 Å². The first-order valence-electron chi connectivity index (χ1n) is 5.51. The summed E-state index contributed by atoms with van der Waals surface area (Å²) in [4.78, 5) is 11.1. The average molecular weight is 256 g/mol. The lowest BCUT2D eigenvalue weighted by Crippen LogP contribution is -1.89. The molecule has 0 radical (unpaired) electrons. The van der Waals surface area contributed by atoms with Crippen LogP contribution in [0.5, 0.6) is 0 Å². The van der Waals surface area contributed by atoms with E-state index in [1.165, 1.54) is 12.1 Å². The Balaban J connectivity index is 2.32. The number of halogens is 1. The third-order valence-corrected chi connectivity index (χ3v) is 3.87. The molecule has 0 aliphatic heterocycles. The number of hydrogen-bond donors (Lipinski definition) is 0. The van der Waals surface area contributed by atoms with Crippen LogP contribution in [0.3, 0.4) is 0 Å². The van der Waals surface area contributed by atoms with Gasteiger partial charge in [-0.2, -0.15) is 0 Å². The van der Waals surface area contributed by atoms with E-state index in [1.807, 2.05) is 29.6 Å². The summed E-state index contributed by atoms with van der Waals surface area (Å²) in [5.74, 6) is -0.390. The predicted octanol–water partition coefficient (Wildman–Crippen LogP) is 4.52. The SMILES string of the molecule is O=Cc1cc(F)ccc1-c1cccc2ccsc12. The van der Waals surface area contributed by atoms with Gasteiger partial charge in [0.1, 0.15) is 5.82 Å². The van der Waals surface area contributed by atoms with E-state index in [0.29, 0.717) is 11.8 Å². The van der Waals surface area contributed by atoms with Crippen LogP contribution in [-0.4, -0.2) is 6.29 Å². The Morgan fingerprint density at radius 3 is 2.78 bits per heavy atom. The minimum Gasteiger partial charge on any atom is -0.298 e. The molecule has 0 saturated carbocycles. The lowest BCUT2D eigenvalue weighted by atomic mass is 9.99. The van der Waals surface area contributed by atoms with Crippen molar-refractivity contribution in [2.75, 3.05) is 0 Å². The lowest BCUT2D eigenvalue weighted by molar-refractivity contribution is 0.112. The molecule has 0 aliphatic rings. The second-order valence-electron chi connectivity index (χ2n) is 3.99. The van der Waals surface area contributed by atoms with E-state index in [1.54, 1.807) is 17.4 Å². The van der Waals surface area contributed by atoms with Gasteiger partial charge in [0.15, 0.2) is 6.29 Å². The van der Waals surface area contributed by atoms with Crippen LogP contribution < -0.4 is 0 Å². The van der Waals surface area contributed by atoms with Gasteiger partial charge in [-0.25, -0.2) is 4.39 Å². The molecule has 0 bridgehead atoms. The Kier molecular flexibility index (Phi) is 2.68. The molecule has 1 heterocycles. The molecular weight excluding hydrogens is 247 g/mol. The van der Waals surface area contributed by atoms with Crippen LogP contribution in [0, 0.1) is 5.82 Å². The quantitative estimate of drug-likeness (QED) is 0.616. The third-order valence-electron chi connectivity index (χ3n) is 2.91. The largest absolute Gasteiger partial charge is 0.298 e. The van der Waals surface area contributed by atoms with Crippen LogP contribution in [0.2, 0.25) is 0 Å². The molecule has 0 N–H and O–H groups in total. The zero-order valence-electron chi connectivity index (χ0n) is 9.39. The molecule has 0 atom stereocenters. The molecule has 3 aromatic rings. The summed E-state index contributed by atoms with van der Waals surface area (Å²) in [6.07, 6.45) is 0.699. The van der Waals surface area contributed by atoms with Crippen molar-refractivity contribution in [1.82, 2.24) is 0 Å². The van der Waals surface area contributed by atoms with Crippen LogP contribution in [0.25, 0.3) is 21.2 Å². The second kappa shape index (κ2) is 4.35. The summed E-state index contributed by atoms with van der Waals surface area (Å²) in [7, 11) is 0. The highest BCUT2D eigenvalue weighted by molar-refractivity contribution is 7.17. The van der Waals surface area contributed by atoms with Gasteiger partial charge in [-0.15, -0.1) is 11.3 Å². The van der Waals surface area contributed by atoms with Gasteiger partial charge in [0.05, 0.1) is 0 Å². The normalized spacial score (nSPS) is 10.7. The van der Waals surface area contributed by atoms with Crippen molar-refractivity contribution >= 4 is 27.7 Å². The Morgan fingerprint density at radius 2 is 1.94 bits per heavy atom. The molecule has 0 amide bonds. The van der Waals surface area contributed by atoms with Crippen LogP contribution >= 0.6 is 11.3 Å². The summed E-state index contributed by atoms with van der Waals surface area (Å²) in [6.45, 7) is 0. The van der Waals surface area contributed by atoms with E-state index < -0.39 is 0 Å². The number of aldehydes is 1. The van der Waals surface area contributed by atoms with E-state index in [4.69, 9.17) is 0 Å². The highest BCUT2D eigenvalue weighted by Gasteiger charge is 2.09. The van der Waals surface area contributed by atoms with Crippen LogP contribution in [0.4, 0.5) is 4.39 Å². The molecule has 2 aromatic carbocycles. The highest BCUT2D eigenvalue weighted by atomic mass is 32.1. The molecule has 0 unspecified atom stereocenters. The smallest absolute Gasteiger partial charge is 0.150 e. The molecule has 1 aromatic heterocycles. The maximum Gasteiger partial charge on any atom is 0.150 e. The zero-order valence-corrected chi connectivity index (χ0v) is 10.2. The number of carbonyl (C=O) groups excluding carboxylic acids is 1. The fourth-order valence-corrected chi connectivity index (χ4v) is 3.01. The first-order valence-corrected chi connectivity index (χ1v) is 6.39. The topological polar surface area (TPSA) is 17.1 Å². The fourth-order valence-electron chi connectivity index (χ4n) is 2.08. The van der Waals surface area contributed by atoms with Gasteiger partial charge >= 0.3 is 0 Å². The first kappa shape index (κ1) is 11.1. The minimum atomic E-state index is -0.390. The summed E-state index contributed by atoms with van der Waals surface area (Å²) < 4.78 is 14.3. The fraction of sp³-hybridized carbons (Fsp3) is 0. The minimum absolute atomic E-state index is 0.385. The Hall–Kier alpha value is -2.00. The van der Waals surface area contributed by atoms with Crippen molar-refractivity contribution in [1.29, 1.82) is 0 Å². The van der Waals surface area contributed by atoms with E-state index in [-0.39, 0.29) is 5.82 Å². The van der Waals surface area contributed by atoms with Crippen LogP contribution in [0.1, 0.15) is 10.4 Å². The molecule has 18 heavy (non-hydrogen) atoms. The van der Waals surface area contributed by atoms with Crippen LogP contribution in [0.15, 0.2) is 47.8 Å². The number of benzene rings is 2. The van der Waals surface area contributed by atoms with Gasteiger partial charge < -0.3 is 0 Å². The number of fused-ring (bicyclic) bond motifs is 1. The maximum absolute atomic E-state index is 13.1. The van der Waals surface area contributed by atoms with Gasteiger partial charge in [-0.1, -0.05) is 24.3 Å². The third kappa shape index (κ3) is 1.73. The average Bonchev–Trinajstić information content (AvgIpc) is 2.86. The molecule has 0 saturated heterocycles. The van der Waals surface area contributed by atoms with E-state index >= 15 is 0 Å². The Morgan fingerprint density at radius 1 is 1.06 bits per heavy atom. The summed E-state index contributed by atoms with van der Waals surface area (Å²) in [5.41, 5.74) is 2.14. The standard InChI is InChI=1S/C15H9FOS/c16-12-4-5-13(11(8-12)9-17)14-3-1-2-10-6-7-18-15(10)14/h1-9H. The zero-order chi connectivity index (χ0) is 12.5. The van der Waals surface area contributed by atoms with Gasteiger partial charge in [0.2, 0.25) is 0 Å². The number of thiophene rings is 1. The van der Waals surface area contributed by atoms with E-state index in [9.17, 15) is 9.18 Å². The van der Waals surface area contributed by atoms with E-state index in [0.717, 1.165) is 21.2 Å². The number of rotatable bonds is 2. The Labute approximate surface area is 108 Å². The molecule has 0 spiro atoms. The van der Waals surface area contributed by atoms with Crippen molar-refractivity contribution < 1.29 is 9.18 Å². The van der Waals surface area contributed by atoms with Crippen LogP contribution in [-0.2, 0) is 0 Å². The highest BCUT2D eigenvalue weighted by Crippen LogP contribution is 2.34. The predicted molar refractivity (Wildman–Crippen MR) is 72.6 cm³/mol. The van der Waals surface area contributed by atoms with Gasteiger partial charge in [-0.3, -0.25) is 4.79 Å². The first-order chi connectivity index (χ1) is 8.79. The molecule has 0 aliphatic carbocycles. The monoisotopic (exact) mass is 256 g/mol. The summed E-state index contributed by atoms with van der Waals surface area (Å²) in [6, 6.07) is 12.3. The summed E-state index contributed by atoms with van der Waals surface area (Å²) >= 11 is 1.62. The van der Waals surface area contributed by atoms with Gasteiger partial charge in [-0.05, 0) is 34.5 Å². The van der Waals surface area contributed by atoms with Crippen molar-refractivity contribution in [3.63, 3.8) is 0 Å². The molecule has 88 valence electrons. The number of carbonyl (C=O) groups is 1. The van der Waals surface area contributed by atoms with Gasteiger partial charge in [0.25, 0.3) is 0 Å². The Bertz CT molecular complexity index is 730.